The summed E-state index contributed by atoms with van der Waals surface area (Å²) < 4.78 is 5.17. The van der Waals surface area contributed by atoms with Gasteiger partial charge in [0.1, 0.15) is 12.0 Å². The molecule has 1 aromatic rings. The molecule has 0 aromatic carbocycles. The zero-order valence-corrected chi connectivity index (χ0v) is 12.8. The normalized spacial score (nSPS) is 16.8. The van der Waals surface area contributed by atoms with E-state index in [4.69, 9.17) is 4.52 Å². The molecule has 0 atom stereocenters. The summed E-state index contributed by atoms with van der Waals surface area (Å²) in [5, 5.41) is 4.18. The van der Waals surface area contributed by atoms with Crippen LogP contribution in [0.25, 0.3) is 11.6 Å². The highest BCUT2D eigenvalue weighted by atomic mass is 16.5. The highest BCUT2D eigenvalue weighted by Gasteiger charge is 2.15. The number of nitrogens with zero attached hydrogens (tertiary/aromatic N) is 2. The Morgan fingerprint density at radius 2 is 2.25 bits per heavy atom. The largest absolute Gasteiger partial charge is 0.363 e. The fraction of sp³-hybridized carbons (Fsp3) is 0.588. The Labute approximate surface area is 122 Å². The van der Waals surface area contributed by atoms with Crippen molar-refractivity contribution in [1.82, 2.24) is 10.1 Å². The van der Waals surface area contributed by atoms with E-state index in [1.54, 1.807) is 6.26 Å². The summed E-state index contributed by atoms with van der Waals surface area (Å²) in [5.74, 6) is 0. The fourth-order valence-electron chi connectivity index (χ4n) is 2.57. The maximum Gasteiger partial charge on any atom is 0.131 e. The molecule has 110 valence electrons. The first-order chi connectivity index (χ1) is 9.81. The van der Waals surface area contributed by atoms with E-state index in [2.05, 4.69) is 42.3 Å². The Morgan fingerprint density at radius 1 is 1.35 bits per heavy atom. The van der Waals surface area contributed by atoms with Crippen molar-refractivity contribution in [2.45, 2.75) is 45.4 Å². The monoisotopic (exact) mass is 274 g/mol. The van der Waals surface area contributed by atoms with Crippen molar-refractivity contribution >= 4 is 11.6 Å². The zero-order chi connectivity index (χ0) is 14.2. The van der Waals surface area contributed by atoms with Crippen molar-refractivity contribution in [2.24, 2.45) is 0 Å². The molecule has 0 spiro atoms. The lowest BCUT2D eigenvalue weighted by Gasteiger charge is -2.21. The molecule has 1 aliphatic rings. The van der Waals surface area contributed by atoms with Gasteiger partial charge in [-0.05, 0) is 31.9 Å². The van der Waals surface area contributed by atoms with Crippen LogP contribution in [0.5, 0.6) is 0 Å². The number of hydrogen-bond acceptors (Lipinski definition) is 3. The molecule has 0 saturated carbocycles. The smallest absolute Gasteiger partial charge is 0.131 e. The second kappa shape index (κ2) is 8.05. The van der Waals surface area contributed by atoms with E-state index in [0.29, 0.717) is 0 Å². The van der Waals surface area contributed by atoms with Crippen molar-refractivity contribution < 1.29 is 4.52 Å². The summed E-state index contributed by atoms with van der Waals surface area (Å²) in [6, 6.07) is 0. The highest BCUT2D eigenvalue weighted by molar-refractivity contribution is 5.72. The predicted molar refractivity (Wildman–Crippen MR) is 84.4 cm³/mol. The standard InChI is InChI=1S/C17H26N2O/c1-3-4-5-6-7-8-10-16-14-20-18-17(16)15-11-9-12-19(2)13-15/h8,10-11,14H,3-7,9,12-13H2,1-2H3. The molecule has 3 nitrogen and oxygen atoms in total. The number of aromatic nitrogens is 1. The highest BCUT2D eigenvalue weighted by Crippen LogP contribution is 2.23. The summed E-state index contributed by atoms with van der Waals surface area (Å²) in [6.07, 6.45) is 15.9. The van der Waals surface area contributed by atoms with Gasteiger partial charge in [-0.1, -0.05) is 49.6 Å². The number of allylic oxidation sites excluding steroid dienone is 1. The number of hydrogen-bond donors (Lipinski definition) is 0. The maximum atomic E-state index is 5.17. The van der Waals surface area contributed by atoms with Gasteiger partial charge in [0, 0.05) is 18.7 Å². The van der Waals surface area contributed by atoms with Crippen LogP contribution in [-0.2, 0) is 0 Å². The molecule has 1 aliphatic heterocycles. The van der Waals surface area contributed by atoms with Crippen LogP contribution in [0.2, 0.25) is 0 Å². The van der Waals surface area contributed by atoms with Crippen molar-refractivity contribution in [3.8, 4) is 0 Å². The molecule has 20 heavy (non-hydrogen) atoms. The van der Waals surface area contributed by atoms with Crippen LogP contribution in [-0.4, -0.2) is 30.2 Å². The molecule has 0 fully saturated rings. The molecular weight excluding hydrogens is 248 g/mol. The van der Waals surface area contributed by atoms with Crippen LogP contribution in [0.4, 0.5) is 0 Å². The van der Waals surface area contributed by atoms with Gasteiger partial charge in [-0.15, -0.1) is 0 Å². The number of unbranched alkanes of at least 4 members (excludes halogenated alkanes) is 4. The number of rotatable bonds is 7. The molecular formula is C17H26N2O. The van der Waals surface area contributed by atoms with Crippen LogP contribution in [0.15, 0.2) is 22.9 Å². The van der Waals surface area contributed by atoms with E-state index < -0.39 is 0 Å². The third-order valence-corrected chi connectivity index (χ3v) is 3.76. The van der Waals surface area contributed by atoms with Crippen LogP contribution < -0.4 is 0 Å². The zero-order valence-electron chi connectivity index (χ0n) is 12.8. The van der Waals surface area contributed by atoms with E-state index >= 15 is 0 Å². The quantitative estimate of drug-likeness (QED) is 0.691. The first-order valence-corrected chi connectivity index (χ1v) is 7.80. The van der Waals surface area contributed by atoms with Crippen LogP contribution in [0, 0.1) is 0 Å². The van der Waals surface area contributed by atoms with Gasteiger partial charge in [0.05, 0.1) is 0 Å². The van der Waals surface area contributed by atoms with Crippen molar-refractivity contribution in [1.29, 1.82) is 0 Å². The summed E-state index contributed by atoms with van der Waals surface area (Å²) in [6.45, 7) is 4.34. The van der Waals surface area contributed by atoms with Gasteiger partial charge in [0.2, 0.25) is 0 Å². The van der Waals surface area contributed by atoms with Gasteiger partial charge in [0.15, 0.2) is 0 Å². The molecule has 0 bridgehead atoms. The second-order valence-corrected chi connectivity index (χ2v) is 5.63. The molecule has 0 aliphatic carbocycles. The molecule has 0 unspecified atom stereocenters. The minimum absolute atomic E-state index is 0.962. The average molecular weight is 274 g/mol. The molecule has 0 saturated heterocycles. The van der Waals surface area contributed by atoms with E-state index in [1.165, 1.54) is 31.3 Å². The minimum Gasteiger partial charge on any atom is -0.363 e. The van der Waals surface area contributed by atoms with Crippen molar-refractivity contribution in [3.63, 3.8) is 0 Å². The average Bonchev–Trinajstić information content (AvgIpc) is 2.91. The Morgan fingerprint density at radius 3 is 3.05 bits per heavy atom. The predicted octanol–water partition coefficient (Wildman–Crippen LogP) is 4.38. The Bertz CT molecular complexity index is 459. The molecule has 0 amide bonds. The first kappa shape index (κ1) is 15.0. The molecule has 2 rings (SSSR count). The molecule has 2 heterocycles. The molecule has 0 radical (unpaired) electrons. The summed E-state index contributed by atoms with van der Waals surface area (Å²) >= 11 is 0. The summed E-state index contributed by atoms with van der Waals surface area (Å²) in [4.78, 5) is 2.32. The SMILES string of the molecule is CCCCCCC=Cc1conc1C1=CCCN(C)C1. The third kappa shape index (κ3) is 4.34. The lowest BCUT2D eigenvalue weighted by Crippen LogP contribution is -2.25. The van der Waals surface area contributed by atoms with Crippen molar-refractivity contribution in [3.05, 3.63) is 29.7 Å². The molecule has 1 aromatic heterocycles. The van der Waals surface area contributed by atoms with E-state index in [9.17, 15) is 0 Å². The summed E-state index contributed by atoms with van der Waals surface area (Å²) in [5.41, 5.74) is 3.42. The van der Waals surface area contributed by atoms with Crippen LogP contribution >= 0.6 is 0 Å². The lowest BCUT2D eigenvalue weighted by molar-refractivity contribution is 0.369. The first-order valence-electron chi connectivity index (χ1n) is 7.80. The Balaban J connectivity index is 1.91. The maximum absolute atomic E-state index is 5.17. The van der Waals surface area contributed by atoms with Crippen LogP contribution in [0.1, 0.15) is 56.7 Å². The Hall–Kier alpha value is -1.35. The van der Waals surface area contributed by atoms with Crippen LogP contribution in [0.3, 0.4) is 0 Å². The van der Waals surface area contributed by atoms with Gasteiger partial charge >= 0.3 is 0 Å². The Kier molecular flexibility index (Phi) is 6.06. The van der Waals surface area contributed by atoms with Gasteiger partial charge in [-0.2, -0.15) is 0 Å². The van der Waals surface area contributed by atoms with E-state index in [0.717, 1.165) is 37.2 Å². The van der Waals surface area contributed by atoms with Gasteiger partial charge < -0.3 is 9.42 Å². The van der Waals surface area contributed by atoms with E-state index in [-0.39, 0.29) is 0 Å². The van der Waals surface area contributed by atoms with Crippen molar-refractivity contribution in [2.75, 3.05) is 20.1 Å². The van der Waals surface area contributed by atoms with E-state index in [1.807, 2.05) is 0 Å². The fourth-order valence-corrected chi connectivity index (χ4v) is 2.57. The second-order valence-electron chi connectivity index (χ2n) is 5.63. The number of likely N-dealkylation sites (N-methyl/N-ethyl adjacent to an activating group) is 1. The van der Waals surface area contributed by atoms with Gasteiger partial charge in [0.25, 0.3) is 0 Å². The van der Waals surface area contributed by atoms with Gasteiger partial charge in [-0.25, -0.2) is 0 Å². The molecule has 3 heteroatoms. The lowest BCUT2D eigenvalue weighted by atomic mass is 10.0. The summed E-state index contributed by atoms with van der Waals surface area (Å²) in [7, 11) is 2.15. The molecule has 0 N–H and O–H groups in total. The topological polar surface area (TPSA) is 29.3 Å². The van der Waals surface area contributed by atoms with Gasteiger partial charge in [-0.3, -0.25) is 0 Å². The minimum atomic E-state index is 0.962. The third-order valence-electron chi connectivity index (χ3n) is 3.76.